The van der Waals surface area contributed by atoms with Gasteiger partial charge in [-0.2, -0.15) is 4.31 Å². The zero-order chi connectivity index (χ0) is 18.9. The molecule has 1 fully saturated rings. The number of sulfonamides is 1. The van der Waals surface area contributed by atoms with E-state index in [1.54, 1.807) is 33.7 Å². The van der Waals surface area contributed by atoms with Gasteiger partial charge < -0.3 is 4.57 Å². The van der Waals surface area contributed by atoms with Crippen molar-refractivity contribution in [1.82, 2.24) is 24.1 Å². The summed E-state index contributed by atoms with van der Waals surface area (Å²) in [6.07, 6.45) is 2.96. The Labute approximate surface area is 166 Å². The van der Waals surface area contributed by atoms with Crippen molar-refractivity contribution in [3.8, 4) is 0 Å². The van der Waals surface area contributed by atoms with E-state index in [2.05, 4.69) is 21.7 Å². The number of hydrogen-bond donors (Lipinski definition) is 0. The number of imidazole rings is 1. The van der Waals surface area contributed by atoms with Crippen LogP contribution in [-0.4, -0.2) is 45.6 Å². The summed E-state index contributed by atoms with van der Waals surface area (Å²) in [6.45, 7) is 4.06. The van der Waals surface area contributed by atoms with E-state index < -0.39 is 10.0 Å². The van der Waals surface area contributed by atoms with Gasteiger partial charge in [0, 0.05) is 19.6 Å². The lowest BCUT2D eigenvalue weighted by molar-refractivity contribution is 0.346. The van der Waals surface area contributed by atoms with Crippen molar-refractivity contribution >= 4 is 44.2 Å². The van der Waals surface area contributed by atoms with E-state index in [1.165, 1.54) is 11.3 Å². The monoisotopic (exact) mass is 423 g/mol. The van der Waals surface area contributed by atoms with Gasteiger partial charge in [0.15, 0.2) is 4.34 Å². The number of hydrogen-bond acceptors (Lipinski definition) is 7. The van der Waals surface area contributed by atoms with Crippen LogP contribution < -0.4 is 0 Å². The van der Waals surface area contributed by atoms with E-state index >= 15 is 0 Å². The highest BCUT2D eigenvalue weighted by atomic mass is 32.2. The molecule has 144 valence electrons. The molecule has 0 amide bonds. The smallest absolute Gasteiger partial charge is 0.243 e. The quantitative estimate of drug-likeness (QED) is 0.566. The number of aromatic nitrogens is 4. The summed E-state index contributed by atoms with van der Waals surface area (Å²) in [6, 6.07) is 5.30. The highest BCUT2D eigenvalue weighted by Gasteiger charge is 2.26. The lowest BCUT2D eigenvalue weighted by Gasteiger charge is -2.25. The van der Waals surface area contributed by atoms with Crippen LogP contribution in [0.3, 0.4) is 0 Å². The summed E-state index contributed by atoms with van der Waals surface area (Å²) in [4.78, 5) is 5.05. The summed E-state index contributed by atoms with van der Waals surface area (Å²) >= 11 is 3.10. The largest absolute Gasteiger partial charge is 0.328 e. The highest BCUT2D eigenvalue weighted by molar-refractivity contribution is 8.00. The predicted octanol–water partition coefficient (Wildman–Crippen LogP) is 3.37. The van der Waals surface area contributed by atoms with E-state index in [-0.39, 0.29) is 0 Å². The average Bonchev–Trinajstić information content (AvgIpc) is 3.33. The summed E-state index contributed by atoms with van der Waals surface area (Å²) in [5, 5.41) is 7.90. The van der Waals surface area contributed by atoms with Crippen molar-refractivity contribution in [2.45, 2.75) is 47.7 Å². The maximum absolute atomic E-state index is 12.9. The molecular weight excluding hydrogens is 402 g/mol. The van der Waals surface area contributed by atoms with E-state index in [4.69, 9.17) is 4.98 Å². The van der Waals surface area contributed by atoms with Gasteiger partial charge in [0.2, 0.25) is 10.0 Å². The minimum Gasteiger partial charge on any atom is -0.328 e. The maximum Gasteiger partial charge on any atom is 0.243 e. The summed E-state index contributed by atoms with van der Waals surface area (Å²) in [5.41, 5.74) is 3.40. The number of aryl methyl sites for hydroxylation is 1. The number of fused-ring (bicyclic) bond motifs is 1. The molecule has 3 heterocycles. The molecule has 0 spiro atoms. The average molecular weight is 424 g/mol. The lowest BCUT2D eigenvalue weighted by Crippen LogP contribution is -2.35. The molecule has 1 aliphatic rings. The third kappa shape index (κ3) is 3.75. The maximum atomic E-state index is 12.9. The molecule has 0 aliphatic carbocycles. The Morgan fingerprint density at radius 1 is 1.22 bits per heavy atom. The Morgan fingerprint density at radius 3 is 2.74 bits per heavy atom. The van der Waals surface area contributed by atoms with Gasteiger partial charge in [0.25, 0.3) is 0 Å². The first-order valence-electron chi connectivity index (χ1n) is 8.98. The van der Waals surface area contributed by atoms with Crippen LogP contribution in [0.1, 0.15) is 32.0 Å². The predicted molar refractivity (Wildman–Crippen MR) is 107 cm³/mol. The van der Waals surface area contributed by atoms with Crippen molar-refractivity contribution < 1.29 is 8.42 Å². The number of nitrogens with zero attached hydrogens (tertiary/aromatic N) is 5. The summed E-state index contributed by atoms with van der Waals surface area (Å²) < 4.78 is 30.5. The fourth-order valence-corrected chi connectivity index (χ4v) is 6.36. The van der Waals surface area contributed by atoms with Gasteiger partial charge in [-0.15, -0.1) is 10.2 Å². The Kier molecular flexibility index (Phi) is 5.49. The van der Waals surface area contributed by atoms with Gasteiger partial charge in [-0.1, -0.05) is 29.5 Å². The lowest BCUT2D eigenvalue weighted by atomic mass is 10.2. The van der Waals surface area contributed by atoms with E-state index in [1.807, 2.05) is 6.07 Å². The molecule has 0 N–H and O–H groups in total. The normalized spacial score (nSPS) is 16.2. The van der Waals surface area contributed by atoms with Crippen LogP contribution in [0.4, 0.5) is 0 Å². The third-order valence-electron chi connectivity index (χ3n) is 4.73. The topological polar surface area (TPSA) is 81.0 Å². The Hall–Kier alpha value is -1.49. The second kappa shape index (κ2) is 7.86. The molecule has 0 atom stereocenters. The minimum atomic E-state index is -3.45. The van der Waals surface area contributed by atoms with Crippen LogP contribution in [0.5, 0.6) is 0 Å². The molecule has 1 aromatic carbocycles. The third-order valence-corrected chi connectivity index (χ3v) is 8.48. The van der Waals surface area contributed by atoms with Gasteiger partial charge in [-0.3, -0.25) is 0 Å². The van der Waals surface area contributed by atoms with Crippen LogP contribution in [0.25, 0.3) is 11.0 Å². The number of thioether (sulfide) groups is 1. The molecule has 0 saturated carbocycles. The second-order valence-electron chi connectivity index (χ2n) is 6.38. The molecule has 0 bridgehead atoms. The van der Waals surface area contributed by atoms with Crippen LogP contribution in [-0.2, 0) is 22.3 Å². The molecule has 4 rings (SSSR count). The first-order valence-corrected chi connectivity index (χ1v) is 12.3. The SMILES string of the molecule is CCn1c(CSc2nncs2)nc2cc(S(=O)(=O)N3CCCCC3)ccc21. The van der Waals surface area contributed by atoms with Crippen LogP contribution in [0.2, 0.25) is 0 Å². The molecule has 7 nitrogen and oxygen atoms in total. The van der Waals surface area contributed by atoms with Crippen LogP contribution in [0.15, 0.2) is 32.9 Å². The Balaban J connectivity index is 1.65. The van der Waals surface area contributed by atoms with Gasteiger partial charge in [-0.05, 0) is 38.0 Å². The first-order chi connectivity index (χ1) is 13.1. The molecule has 0 radical (unpaired) electrons. The van der Waals surface area contributed by atoms with E-state index in [9.17, 15) is 8.42 Å². The van der Waals surface area contributed by atoms with Gasteiger partial charge in [0.1, 0.15) is 11.3 Å². The van der Waals surface area contributed by atoms with Crippen LogP contribution in [0, 0.1) is 0 Å². The number of rotatable bonds is 6. The summed E-state index contributed by atoms with van der Waals surface area (Å²) in [7, 11) is -3.45. The fraction of sp³-hybridized carbons (Fsp3) is 0.471. The van der Waals surface area contributed by atoms with Crippen molar-refractivity contribution in [3.63, 3.8) is 0 Å². The molecule has 1 aliphatic heterocycles. The highest BCUT2D eigenvalue weighted by Crippen LogP contribution is 2.28. The summed E-state index contributed by atoms with van der Waals surface area (Å²) in [5.74, 6) is 1.59. The van der Waals surface area contributed by atoms with Gasteiger partial charge in [0.05, 0.1) is 21.7 Å². The number of benzene rings is 1. The standard InChI is InChI=1S/C17H21N5O2S3/c1-2-22-15-7-6-13(27(23,24)21-8-4-3-5-9-21)10-14(15)19-16(22)11-25-17-20-18-12-26-17/h6-7,10,12H,2-5,8-9,11H2,1H3. The van der Waals surface area contributed by atoms with Crippen molar-refractivity contribution in [2.24, 2.45) is 0 Å². The van der Waals surface area contributed by atoms with Crippen LogP contribution >= 0.6 is 23.1 Å². The van der Waals surface area contributed by atoms with Crippen molar-refractivity contribution in [2.75, 3.05) is 13.1 Å². The molecule has 2 aromatic heterocycles. The second-order valence-corrected chi connectivity index (χ2v) is 10.4. The molecule has 27 heavy (non-hydrogen) atoms. The first kappa shape index (κ1) is 18.9. The fourth-order valence-electron chi connectivity index (χ4n) is 3.39. The zero-order valence-electron chi connectivity index (χ0n) is 15.0. The molecular formula is C17H21N5O2S3. The molecule has 3 aromatic rings. The van der Waals surface area contributed by atoms with Gasteiger partial charge in [-0.25, -0.2) is 13.4 Å². The zero-order valence-corrected chi connectivity index (χ0v) is 17.5. The van der Waals surface area contributed by atoms with Crippen molar-refractivity contribution in [1.29, 1.82) is 0 Å². The Bertz CT molecular complexity index is 1020. The van der Waals surface area contributed by atoms with Crippen molar-refractivity contribution in [3.05, 3.63) is 29.5 Å². The van der Waals surface area contributed by atoms with E-state index in [0.29, 0.717) is 23.7 Å². The number of piperidine rings is 1. The Morgan fingerprint density at radius 2 is 2.04 bits per heavy atom. The molecule has 1 saturated heterocycles. The molecule has 10 heteroatoms. The molecule has 0 unspecified atom stereocenters. The minimum absolute atomic E-state index is 0.334. The van der Waals surface area contributed by atoms with E-state index in [0.717, 1.165) is 47.0 Å². The van der Waals surface area contributed by atoms with Gasteiger partial charge >= 0.3 is 0 Å².